The van der Waals surface area contributed by atoms with Crippen molar-refractivity contribution in [1.29, 1.82) is 21.0 Å². The van der Waals surface area contributed by atoms with Crippen molar-refractivity contribution in [1.82, 2.24) is 29.9 Å². The first-order valence-electron chi connectivity index (χ1n) is 17.4. The summed E-state index contributed by atoms with van der Waals surface area (Å²) >= 11 is 20.3. The van der Waals surface area contributed by atoms with Gasteiger partial charge in [-0.2, -0.15) is 15.8 Å². The Morgan fingerprint density at radius 3 is 1.23 bits per heavy atom. The van der Waals surface area contributed by atoms with Gasteiger partial charge in [0, 0.05) is 113 Å². The van der Waals surface area contributed by atoms with Crippen LogP contribution in [-0.4, -0.2) is 85.1 Å². The molecule has 0 unspecified atom stereocenters. The maximum Gasteiger partial charge on any atom is 1.00 e. The van der Waals surface area contributed by atoms with Crippen LogP contribution in [0.1, 0.15) is 87.5 Å². The summed E-state index contributed by atoms with van der Waals surface area (Å²) in [4.78, 5) is 44.0. The van der Waals surface area contributed by atoms with Gasteiger partial charge in [-0.05, 0) is 125 Å². The van der Waals surface area contributed by atoms with E-state index in [9.17, 15) is 9.59 Å². The molecule has 0 atom stereocenters. The fraction of sp³-hybridized carbons (Fsp3) is 0.250. The molecule has 0 aliphatic rings. The molecule has 404 valence electrons. The second-order valence-corrected chi connectivity index (χ2v) is 14.5. The number of ether oxygens (including phenoxy) is 6. The summed E-state index contributed by atoms with van der Waals surface area (Å²) in [6, 6.07) is 22.4. The Balaban J connectivity index is -0.0000000964. The zero-order valence-electron chi connectivity index (χ0n) is 36.9. The number of carbonyl (C=O) groups excluding carboxylic acids is 2. The van der Waals surface area contributed by atoms with Gasteiger partial charge in [-0.25, -0.2) is 24.9 Å². The Morgan fingerprint density at radius 2 is 0.880 bits per heavy atom. The minimum absolute atomic E-state index is 0. The Kier molecular flexibility index (Phi) is 70.5. The number of nitrogens with zero attached hydrogens (tertiary/aromatic N) is 10. The van der Waals surface area contributed by atoms with E-state index in [1.165, 1.54) is 48.9 Å². The molecule has 6 aromatic rings. The van der Waals surface area contributed by atoms with E-state index in [1.807, 2.05) is 24.3 Å². The van der Waals surface area contributed by atoms with Crippen LogP contribution in [0.3, 0.4) is 0 Å². The number of methoxy groups -OCH3 is 6. The summed E-state index contributed by atoms with van der Waals surface area (Å²) in [5.74, 6) is 2.16. The van der Waals surface area contributed by atoms with E-state index in [4.69, 9.17) is 49.5 Å². The summed E-state index contributed by atoms with van der Waals surface area (Å²) in [5.41, 5.74) is 2.67. The summed E-state index contributed by atoms with van der Waals surface area (Å²) in [6.45, 7) is 0. The van der Waals surface area contributed by atoms with Gasteiger partial charge in [0.1, 0.15) is 40.8 Å². The molecular formula is C48H57Br4I4LiN10O8. The SMILES string of the molecule is BrBr.C.C.C.C.C.C.COc1ncc[c-]c1C#N.COc1nccc(Br)c1C#N.COc1nccc(Br)c1C=O.COc1nccc(I)c1C#N.COc1nccc(I)c1C=O.COc1ncccc1C#N.II.[Li+]. The number of carbonyl (C=O) groups is 2. The molecule has 0 amide bonds. The molecule has 0 aliphatic carbocycles. The number of rotatable bonds is 8. The first kappa shape index (κ1) is 90.9. The zero-order chi connectivity index (χ0) is 51.9. The van der Waals surface area contributed by atoms with Gasteiger partial charge >= 0.3 is 18.9 Å². The Bertz CT molecular complexity index is 2470. The molecule has 0 saturated carbocycles. The first-order chi connectivity index (χ1) is 32.9. The molecule has 0 fully saturated rings. The van der Waals surface area contributed by atoms with Gasteiger partial charge in [0.15, 0.2) is 12.6 Å². The van der Waals surface area contributed by atoms with Gasteiger partial charge in [0.25, 0.3) is 0 Å². The molecule has 0 N–H and O–H groups in total. The molecule has 6 rings (SSSR count). The molecule has 6 aromatic heterocycles. The smallest absolute Gasteiger partial charge is 0.523 e. The fourth-order valence-electron chi connectivity index (χ4n) is 3.98. The Hall–Kier alpha value is -3.56. The van der Waals surface area contributed by atoms with Gasteiger partial charge in [0.05, 0.1) is 53.8 Å². The zero-order valence-corrected chi connectivity index (χ0v) is 51.9. The van der Waals surface area contributed by atoms with Crippen LogP contribution < -0.4 is 47.3 Å². The largest absolute Gasteiger partial charge is 1.00 e. The van der Waals surface area contributed by atoms with Crippen molar-refractivity contribution in [2.75, 3.05) is 42.7 Å². The number of aromatic nitrogens is 6. The number of pyridine rings is 6. The summed E-state index contributed by atoms with van der Waals surface area (Å²) < 4.78 is 32.1. The van der Waals surface area contributed by atoms with Crippen molar-refractivity contribution in [3.63, 3.8) is 0 Å². The van der Waals surface area contributed by atoms with Crippen molar-refractivity contribution >= 4 is 155 Å². The van der Waals surface area contributed by atoms with E-state index in [0.717, 1.165) is 13.4 Å². The third-order valence-corrected chi connectivity index (χ3v) is 10.1. The topological polar surface area (TPSA) is 262 Å². The molecule has 0 aromatic carbocycles. The third-order valence-electron chi connectivity index (χ3n) is 6.86. The van der Waals surface area contributed by atoms with Crippen LogP contribution in [0.4, 0.5) is 0 Å². The monoisotopic (exact) mass is 1730 g/mol. The van der Waals surface area contributed by atoms with Gasteiger partial charge in [-0.3, -0.25) is 14.9 Å². The van der Waals surface area contributed by atoms with Crippen LogP contribution in [0, 0.1) is 58.5 Å². The van der Waals surface area contributed by atoms with Crippen molar-refractivity contribution < 1.29 is 56.9 Å². The standard InChI is InChI=1S/C7H5BrN2O.C7H6BrNO2.C7H5IN2O.C7H6INO2.C7H6N2O.C7H5N2O.6CH4.Br2.I2.Li/c1-11-7-5(4-9)6(8)2-3-10-7;1-11-7-5(4-10)6(8)2-3-9-7;1-11-7-5(4-9)6(8)2-3-10-7;1-11-7-5(4-10)6(8)2-3-9-7;2*1-10-7-6(5-8)3-2-4-9-7;;;;;;;2*1-2;/h2-3H,1H3;2-4H,1H3;2-3H,1H3;2-4H,1H3;2-4H,1H3;2,4H,1H3;6*1H4;;;/q;;;;;-1;;;;;;;;;+1. The minimum Gasteiger partial charge on any atom is -0.523 e. The number of halogens is 8. The van der Waals surface area contributed by atoms with Crippen molar-refractivity contribution in [3.05, 3.63) is 135 Å². The van der Waals surface area contributed by atoms with E-state index in [0.29, 0.717) is 83.9 Å². The van der Waals surface area contributed by atoms with Crippen molar-refractivity contribution in [3.8, 4) is 59.6 Å². The number of hydrogen-bond donors (Lipinski definition) is 0. The molecule has 75 heavy (non-hydrogen) atoms. The Morgan fingerprint density at radius 1 is 0.493 bits per heavy atom. The predicted octanol–water partition coefficient (Wildman–Crippen LogP) is 12.5. The van der Waals surface area contributed by atoms with E-state index >= 15 is 0 Å². The normalized spacial score (nSPS) is 7.71. The molecule has 6 heterocycles. The van der Waals surface area contributed by atoms with Gasteiger partial charge in [-0.15, -0.1) is 12.1 Å². The predicted molar refractivity (Wildman–Crippen MR) is 340 cm³/mol. The second kappa shape index (κ2) is 58.1. The molecule has 0 radical (unpaired) electrons. The number of nitriles is 4. The third kappa shape index (κ3) is 34.0. The van der Waals surface area contributed by atoms with Crippen LogP contribution in [0.15, 0.2) is 88.6 Å². The van der Waals surface area contributed by atoms with Crippen molar-refractivity contribution in [2.45, 2.75) is 44.6 Å². The Labute approximate surface area is 538 Å². The first-order valence-corrected chi connectivity index (χ1v) is 31.1. The quantitative estimate of drug-likeness (QED) is 0.0593. The van der Waals surface area contributed by atoms with Gasteiger partial charge < -0.3 is 33.4 Å². The van der Waals surface area contributed by atoms with E-state index in [2.05, 4.69) is 178 Å². The average molecular weight is 1740 g/mol. The van der Waals surface area contributed by atoms with Crippen LogP contribution >= 0.6 is 143 Å². The summed E-state index contributed by atoms with van der Waals surface area (Å²) in [5, 5.41) is 34.2. The van der Waals surface area contributed by atoms with Crippen molar-refractivity contribution in [2.24, 2.45) is 0 Å². The molecule has 0 bridgehead atoms. The van der Waals surface area contributed by atoms with Crippen LogP contribution in [0.2, 0.25) is 0 Å². The summed E-state index contributed by atoms with van der Waals surface area (Å²) in [6.07, 6.45) is 10.9. The van der Waals surface area contributed by atoms with Crippen LogP contribution in [0.25, 0.3) is 0 Å². The van der Waals surface area contributed by atoms with E-state index in [1.54, 1.807) is 73.4 Å². The minimum atomic E-state index is 0. The molecule has 0 spiro atoms. The molecule has 27 heteroatoms. The van der Waals surface area contributed by atoms with Gasteiger partial charge in [-0.1, -0.05) is 50.8 Å². The second-order valence-electron chi connectivity index (χ2n) is 10.5. The maximum atomic E-state index is 10.5. The van der Waals surface area contributed by atoms with Crippen LogP contribution in [-0.2, 0) is 0 Å². The maximum absolute atomic E-state index is 10.5. The molecular weight excluding hydrogens is 1680 g/mol. The van der Waals surface area contributed by atoms with Gasteiger partial charge in [0.2, 0.25) is 29.4 Å². The van der Waals surface area contributed by atoms with Crippen LogP contribution in [0.5, 0.6) is 35.3 Å². The summed E-state index contributed by atoms with van der Waals surface area (Å²) in [7, 11) is 8.90. The number of hydrogen-bond acceptors (Lipinski definition) is 18. The molecule has 18 nitrogen and oxygen atoms in total. The molecule has 0 aliphatic heterocycles. The fourth-order valence-corrected chi connectivity index (χ4v) is 5.77. The number of aldehydes is 2. The van der Waals surface area contributed by atoms with E-state index in [-0.39, 0.29) is 63.4 Å². The average Bonchev–Trinajstić information content (AvgIpc) is 3.40. The van der Waals surface area contributed by atoms with E-state index < -0.39 is 0 Å². The molecule has 0 saturated heterocycles.